The molecule has 1 fully saturated rings. The molecule has 0 amide bonds. The Bertz CT molecular complexity index is 1680. The standard InChI is InChI=1S/C41H46NO8PS/c1-3-47-51(48-4-2)50-41(40-42-25-26-52-40)39(46-30-35-23-15-8-16-24-35)38(45-29-34-21-13-7-14-22-34)37(44-28-33-19-11-6-12-20-33)36(49-41)31-43-27-32-17-9-5-10-18-32/h5-26,36-39H,3-4,27-31H2,1-2H3/t36-,37+,38+,39-,41+/m1/s1. The predicted octanol–water partition coefficient (Wildman–Crippen LogP) is 8.98. The Morgan fingerprint density at radius 2 is 1.12 bits per heavy atom. The summed E-state index contributed by atoms with van der Waals surface area (Å²) in [6.07, 6.45) is -1.22. The van der Waals surface area contributed by atoms with Crippen LogP contribution < -0.4 is 0 Å². The molecule has 0 N–H and O–H groups in total. The summed E-state index contributed by atoms with van der Waals surface area (Å²) in [4.78, 5) is 4.77. The lowest BCUT2D eigenvalue weighted by molar-refractivity contribution is -0.370. The quantitative estimate of drug-likeness (QED) is 0.0726. The summed E-state index contributed by atoms with van der Waals surface area (Å²) >= 11 is 1.40. The topological polar surface area (TPSA) is 86.7 Å². The highest BCUT2D eigenvalue weighted by molar-refractivity contribution is 7.41. The maximum absolute atomic E-state index is 7.19. The van der Waals surface area contributed by atoms with Gasteiger partial charge < -0.3 is 32.7 Å². The number of aromatic nitrogens is 1. The zero-order chi connectivity index (χ0) is 35.9. The highest BCUT2D eigenvalue weighted by atomic mass is 32.1. The number of nitrogens with zero attached hydrogens (tertiary/aromatic N) is 1. The van der Waals surface area contributed by atoms with Crippen LogP contribution >= 0.6 is 19.9 Å². The van der Waals surface area contributed by atoms with Crippen LogP contribution in [0.15, 0.2) is 133 Å². The van der Waals surface area contributed by atoms with E-state index in [1.165, 1.54) is 11.3 Å². The van der Waals surface area contributed by atoms with Crippen molar-refractivity contribution in [3.8, 4) is 0 Å². The van der Waals surface area contributed by atoms with Crippen LogP contribution in [-0.4, -0.2) is 49.2 Å². The first-order valence-corrected chi connectivity index (χ1v) is 19.6. The molecule has 274 valence electrons. The molecule has 1 aliphatic heterocycles. The van der Waals surface area contributed by atoms with Gasteiger partial charge in [-0.05, 0) is 36.1 Å². The molecule has 0 unspecified atom stereocenters. The van der Waals surface area contributed by atoms with Gasteiger partial charge in [0, 0.05) is 11.6 Å². The smallest absolute Gasteiger partial charge is 0.335 e. The molecule has 1 aliphatic rings. The summed E-state index contributed by atoms with van der Waals surface area (Å²) in [5, 5.41) is 2.43. The van der Waals surface area contributed by atoms with E-state index in [-0.39, 0.29) is 13.2 Å². The fourth-order valence-electron chi connectivity index (χ4n) is 5.93. The lowest BCUT2D eigenvalue weighted by Crippen LogP contribution is -2.66. The van der Waals surface area contributed by atoms with Gasteiger partial charge in [0.15, 0.2) is 5.01 Å². The van der Waals surface area contributed by atoms with Crippen LogP contribution in [0.4, 0.5) is 0 Å². The van der Waals surface area contributed by atoms with Crippen molar-refractivity contribution >= 4 is 19.9 Å². The Hall–Kier alpha value is -3.38. The van der Waals surface area contributed by atoms with E-state index in [1.807, 2.05) is 141 Å². The van der Waals surface area contributed by atoms with Crippen LogP contribution in [-0.2, 0) is 69.5 Å². The fourth-order valence-corrected chi connectivity index (χ4v) is 7.79. The van der Waals surface area contributed by atoms with Crippen LogP contribution in [0, 0.1) is 0 Å². The van der Waals surface area contributed by atoms with E-state index in [1.54, 1.807) is 6.20 Å². The van der Waals surface area contributed by atoms with Crippen molar-refractivity contribution < 1.29 is 37.3 Å². The first kappa shape index (κ1) is 38.3. The predicted molar refractivity (Wildman–Crippen MR) is 201 cm³/mol. The highest BCUT2D eigenvalue weighted by Crippen LogP contribution is 2.54. The van der Waals surface area contributed by atoms with Crippen LogP contribution in [0.5, 0.6) is 0 Å². The van der Waals surface area contributed by atoms with Crippen molar-refractivity contribution in [2.24, 2.45) is 0 Å². The third-order valence-corrected chi connectivity index (χ3v) is 10.6. The second-order valence-corrected chi connectivity index (χ2v) is 14.1. The molecule has 11 heteroatoms. The van der Waals surface area contributed by atoms with Crippen molar-refractivity contribution in [2.75, 3.05) is 19.8 Å². The van der Waals surface area contributed by atoms with Gasteiger partial charge in [0.1, 0.15) is 24.4 Å². The van der Waals surface area contributed by atoms with E-state index >= 15 is 0 Å². The van der Waals surface area contributed by atoms with Crippen molar-refractivity contribution in [2.45, 2.75) is 70.5 Å². The molecule has 2 heterocycles. The number of hydrogen-bond donors (Lipinski definition) is 0. The second-order valence-electron chi connectivity index (χ2n) is 12.1. The highest BCUT2D eigenvalue weighted by Gasteiger charge is 2.62. The first-order valence-electron chi connectivity index (χ1n) is 17.6. The summed E-state index contributed by atoms with van der Waals surface area (Å²) in [5.74, 6) is -1.62. The monoisotopic (exact) mass is 743 g/mol. The minimum atomic E-state index is -1.90. The maximum Gasteiger partial charge on any atom is 0.335 e. The summed E-state index contributed by atoms with van der Waals surface area (Å²) < 4.78 is 53.3. The Morgan fingerprint density at radius 1 is 0.635 bits per heavy atom. The van der Waals surface area contributed by atoms with E-state index in [0.29, 0.717) is 38.0 Å². The summed E-state index contributed by atoms with van der Waals surface area (Å²) in [7, 11) is -1.90. The molecular weight excluding hydrogens is 697 g/mol. The molecule has 6 rings (SSSR count). The van der Waals surface area contributed by atoms with Crippen molar-refractivity contribution in [3.63, 3.8) is 0 Å². The second kappa shape index (κ2) is 20.2. The molecule has 0 bridgehead atoms. The average Bonchev–Trinajstić information content (AvgIpc) is 3.74. The van der Waals surface area contributed by atoms with Gasteiger partial charge in [-0.3, -0.25) is 4.52 Å². The van der Waals surface area contributed by atoms with Gasteiger partial charge in [-0.2, -0.15) is 0 Å². The molecule has 52 heavy (non-hydrogen) atoms. The van der Waals surface area contributed by atoms with Crippen LogP contribution in [0.25, 0.3) is 0 Å². The molecule has 1 saturated heterocycles. The van der Waals surface area contributed by atoms with Crippen LogP contribution in [0.3, 0.4) is 0 Å². The van der Waals surface area contributed by atoms with Gasteiger partial charge in [0.05, 0.1) is 46.2 Å². The lowest BCUT2D eigenvalue weighted by atomic mass is 9.91. The molecule has 5 aromatic rings. The number of thiazole rings is 1. The van der Waals surface area contributed by atoms with Gasteiger partial charge in [0.2, 0.25) is 0 Å². The third kappa shape index (κ3) is 10.4. The van der Waals surface area contributed by atoms with Gasteiger partial charge in [-0.1, -0.05) is 121 Å². The Kier molecular flexibility index (Phi) is 14.9. The van der Waals surface area contributed by atoms with Gasteiger partial charge in [0.25, 0.3) is 5.79 Å². The summed E-state index contributed by atoms with van der Waals surface area (Å²) in [6.45, 7) is 5.95. The van der Waals surface area contributed by atoms with Gasteiger partial charge in [-0.15, -0.1) is 11.3 Å². The number of benzene rings is 4. The van der Waals surface area contributed by atoms with E-state index in [2.05, 4.69) is 0 Å². The normalized spacial score (nSPS) is 21.8. The Morgan fingerprint density at radius 3 is 1.60 bits per heavy atom. The zero-order valence-corrected chi connectivity index (χ0v) is 31.2. The van der Waals surface area contributed by atoms with E-state index < -0.39 is 38.8 Å². The molecule has 0 aliphatic carbocycles. The van der Waals surface area contributed by atoms with Crippen LogP contribution in [0.2, 0.25) is 0 Å². The molecule has 4 aromatic carbocycles. The van der Waals surface area contributed by atoms with Crippen molar-refractivity contribution in [1.29, 1.82) is 0 Å². The largest absolute Gasteiger partial charge is 0.374 e. The number of rotatable bonds is 20. The minimum absolute atomic E-state index is 0.169. The maximum atomic E-state index is 7.19. The molecule has 1 aromatic heterocycles. The molecule has 0 saturated carbocycles. The molecule has 0 spiro atoms. The van der Waals surface area contributed by atoms with Crippen LogP contribution in [0.1, 0.15) is 41.1 Å². The molecule has 9 nitrogen and oxygen atoms in total. The molecule has 0 radical (unpaired) electrons. The minimum Gasteiger partial charge on any atom is -0.374 e. The van der Waals surface area contributed by atoms with E-state index in [4.69, 9.17) is 42.2 Å². The molecular formula is C41H46NO8PS. The Balaban J connectivity index is 1.44. The van der Waals surface area contributed by atoms with Gasteiger partial charge in [-0.25, -0.2) is 4.98 Å². The van der Waals surface area contributed by atoms with E-state index in [9.17, 15) is 0 Å². The first-order chi connectivity index (χ1) is 25.7. The van der Waals surface area contributed by atoms with E-state index in [0.717, 1.165) is 22.3 Å². The SMILES string of the molecule is CCOP(OCC)O[C@@]1(c2nccs2)O[C@H](COCc2ccccc2)[C@H](OCc2ccccc2)[C@H](OCc2ccccc2)[C@H]1OCc1ccccc1. The number of ether oxygens (including phenoxy) is 5. The fraction of sp³-hybridized carbons (Fsp3) is 0.341. The summed E-state index contributed by atoms with van der Waals surface area (Å²) in [5.41, 5.74) is 4.03. The Labute approximate surface area is 311 Å². The van der Waals surface area contributed by atoms with Gasteiger partial charge >= 0.3 is 8.60 Å². The summed E-state index contributed by atoms with van der Waals surface area (Å²) in [6, 6.07) is 40.1. The lowest BCUT2D eigenvalue weighted by Gasteiger charge is -2.51. The van der Waals surface area contributed by atoms with Crippen molar-refractivity contribution in [3.05, 3.63) is 160 Å². The number of hydrogen-bond acceptors (Lipinski definition) is 10. The average molecular weight is 744 g/mol. The third-order valence-electron chi connectivity index (χ3n) is 8.34. The molecule has 5 atom stereocenters. The van der Waals surface area contributed by atoms with Crippen molar-refractivity contribution in [1.82, 2.24) is 4.98 Å². The zero-order valence-electron chi connectivity index (χ0n) is 29.5.